The number of rotatable bonds is 2. The first-order valence-electron chi connectivity index (χ1n) is 4.49. The average Bonchev–Trinajstić information content (AvgIpc) is 2.22. The summed E-state index contributed by atoms with van der Waals surface area (Å²) in [6.07, 6.45) is 1.01. The van der Waals surface area contributed by atoms with Crippen LogP contribution in [-0.2, 0) is 14.8 Å². The highest BCUT2D eigenvalue weighted by molar-refractivity contribution is 9.10. The standard InChI is InChI=1S/C9H7BrN2O4S/c10-6-2-1-3-7-9(6)12(4-8(13)14)5-11-17(7,15)16/h1-3,5H,4H2,(H,13,14). The number of sulfonamides is 1. The number of benzene rings is 1. The van der Waals surface area contributed by atoms with Crippen molar-refractivity contribution in [1.82, 2.24) is 0 Å². The maximum absolute atomic E-state index is 11.7. The van der Waals surface area contributed by atoms with E-state index in [9.17, 15) is 13.2 Å². The molecule has 1 aromatic rings. The molecular formula is C9H7BrN2O4S. The smallest absolute Gasteiger partial charge is 0.323 e. The molecule has 1 aliphatic rings. The minimum absolute atomic E-state index is 0.00405. The summed E-state index contributed by atoms with van der Waals surface area (Å²) in [7, 11) is -3.73. The van der Waals surface area contributed by atoms with Gasteiger partial charge in [0.15, 0.2) is 0 Å². The Morgan fingerprint density at radius 3 is 2.82 bits per heavy atom. The Hall–Kier alpha value is -1.41. The van der Waals surface area contributed by atoms with Crippen LogP contribution in [0.5, 0.6) is 0 Å². The minimum atomic E-state index is -3.73. The Morgan fingerprint density at radius 2 is 2.18 bits per heavy atom. The molecule has 1 N–H and O–H groups in total. The maximum Gasteiger partial charge on any atom is 0.323 e. The van der Waals surface area contributed by atoms with Crippen molar-refractivity contribution >= 4 is 43.9 Å². The van der Waals surface area contributed by atoms with Crippen LogP contribution in [0.15, 0.2) is 32.0 Å². The van der Waals surface area contributed by atoms with Crippen molar-refractivity contribution < 1.29 is 18.3 Å². The van der Waals surface area contributed by atoms with Crippen LogP contribution in [0, 0.1) is 0 Å². The number of halogens is 1. The van der Waals surface area contributed by atoms with Crippen LogP contribution >= 0.6 is 15.9 Å². The van der Waals surface area contributed by atoms with Gasteiger partial charge in [-0.2, -0.15) is 8.42 Å². The molecule has 0 amide bonds. The Balaban J connectivity index is 2.62. The lowest BCUT2D eigenvalue weighted by atomic mass is 10.3. The SMILES string of the molecule is O=C(O)CN1C=NS(=O)(=O)c2cccc(Br)c21. The summed E-state index contributed by atoms with van der Waals surface area (Å²) in [6, 6.07) is 4.59. The predicted molar refractivity (Wildman–Crippen MR) is 64.8 cm³/mol. The summed E-state index contributed by atoms with van der Waals surface area (Å²) in [6.45, 7) is -0.353. The summed E-state index contributed by atoms with van der Waals surface area (Å²) in [4.78, 5) is 11.9. The van der Waals surface area contributed by atoms with Gasteiger partial charge in [-0.15, -0.1) is 4.40 Å². The van der Waals surface area contributed by atoms with E-state index < -0.39 is 16.0 Å². The van der Waals surface area contributed by atoms with Gasteiger partial charge >= 0.3 is 5.97 Å². The lowest BCUT2D eigenvalue weighted by molar-refractivity contribution is -0.135. The molecular weight excluding hydrogens is 312 g/mol. The van der Waals surface area contributed by atoms with Crippen LogP contribution in [-0.4, -0.2) is 32.4 Å². The molecule has 0 radical (unpaired) electrons. The summed E-state index contributed by atoms with van der Waals surface area (Å²) in [5, 5.41) is 8.74. The van der Waals surface area contributed by atoms with Gasteiger partial charge in [-0.05, 0) is 28.1 Å². The van der Waals surface area contributed by atoms with Crippen LogP contribution in [0.1, 0.15) is 0 Å². The summed E-state index contributed by atoms with van der Waals surface area (Å²) in [5.41, 5.74) is 0.296. The maximum atomic E-state index is 11.7. The molecule has 8 heteroatoms. The van der Waals surface area contributed by atoms with Gasteiger partial charge in [0, 0.05) is 4.47 Å². The monoisotopic (exact) mass is 318 g/mol. The number of carboxylic acid groups (broad SMARTS) is 1. The highest BCUT2D eigenvalue weighted by Gasteiger charge is 2.27. The van der Waals surface area contributed by atoms with Crippen LogP contribution in [0.2, 0.25) is 0 Å². The predicted octanol–water partition coefficient (Wildman–Crippen LogP) is 1.07. The number of para-hydroxylation sites is 1. The van der Waals surface area contributed by atoms with Gasteiger partial charge in [-0.1, -0.05) is 6.07 Å². The number of hydrogen-bond acceptors (Lipinski definition) is 4. The van der Waals surface area contributed by atoms with E-state index in [0.717, 1.165) is 6.34 Å². The normalized spacial score (nSPS) is 16.6. The lowest BCUT2D eigenvalue weighted by Gasteiger charge is -2.24. The van der Waals surface area contributed by atoms with Crippen molar-refractivity contribution in [1.29, 1.82) is 0 Å². The van der Waals surface area contributed by atoms with Crippen LogP contribution < -0.4 is 4.90 Å². The quantitative estimate of drug-likeness (QED) is 0.881. The first kappa shape index (κ1) is 12.1. The van der Waals surface area contributed by atoms with Crippen LogP contribution in [0.25, 0.3) is 0 Å². The highest BCUT2D eigenvalue weighted by Crippen LogP contribution is 2.35. The molecule has 0 saturated carbocycles. The Labute approximate surface area is 106 Å². The number of aliphatic carboxylic acids is 1. The number of carbonyl (C=O) groups is 1. The van der Waals surface area contributed by atoms with Crippen molar-refractivity contribution in [2.24, 2.45) is 4.40 Å². The summed E-state index contributed by atoms with van der Waals surface area (Å²) >= 11 is 3.20. The van der Waals surface area contributed by atoms with E-state index >= 15 is 0 Å². The molecule has 6 nitrogen and oxygen atoms in total. The third-order valence-corrected chi connectivity index (χ3v) is 4.04. The second-order valence-corrected chi connectivity index (χ2v) is 5.76. The van der Waals surface area contributed by atoms with Gasteiger partial charge in [-0.25, -0.2) is 0 Å². The van der Waals surface area contributed by atoms with Gasteiger partial charge in [0.25, 0.3) is 10.0 Å². The lowest BCUT2D eigenvalue weighted by Crippen LogP contribution is -2.32. The van der Waals surface area contributed by atoms with Crippen molar-refractivity contribution in [3.8, 4) is 0 Å². The largest absolute Gasteiger partial charge is 0.480 e. The molecule has 17 heavy (non-hydrogen) atoms. The van der Waals surface area contributed by atoms with E-state index in [1.165, 1.54) is 11.0 Å². The van der Waals surface area contributed by atoms with E-state index in [-0.39, 0.29) is 11.4 Å². The number of anilines is 1. The van der Waals surface area contributed by atoms with Gasteiger partial charge in [-0.3, -0.25) is 4.79 Å². The van der Waals surface area contributed by atoms with E-state index in [0.29, 0.717) is 10.2 Å². The zero-order valence-electron chi connectivity index (χ0n) is 8.37. The molecule has 0 bridgehead atoms. The molecule has 0 spiro atoms. The molecule has 0 fully saturated rings. The third-order valence-electron chi connectivity index (χ3n) is 2.15. The molecule has 1 aliphatic heterocycles. The molecule has 0 atom stereocenters. The molecule has 0 unspecified atom stereocenters. The first-order valence-corrected chi connectivity index (χ1v) is 6.72. The van der Waals surface area contributed by atoms with E-state index in [4.69, 9.17) is 5.11 Å². The fourth-order valence-electron chi connectivity index (χ4n) is 1.48. The first-order chi connectivity index (χ1) is 7.92. The summed E-state index contributed by atoms with van der Waals surface area (Å²) in [5.74, 6) is -1.07. The third kappa shape index (κ3) is 2.18. The second kappa shape index (κ2) is 4.11. The second-order valence-electron chi connectivity index (χ2n) is 3.30. The number of nitrogens with zero attached hydrogens (tertiary/aromatic N) is 2. The number of carboxylic acids is 1. The topological polar surface area (TPSA) is 87.0 Å². The van der Waals surface area contributed by atoms with Crippen LogP contribution in [0.3, 0.4) is 0 Å². The fraction of sp³-hybridized carbons (Fsp3) is 0.111. The van der Waals surface area contributed by atoms with Gasteiger partial charge in [0.2, 0.25) is 0 Å². The zero-order valence-corrected chi connectivity index (χ0v) is 10.8. The molecule has 90 valence electrons. The zero-order chi connectivity index (χ0) is 12.6. The Bertz CT molecular complexity index is 611. The van der Waals surface area contributed by atoms with Crippen LogP contribution in [0.4, 0.5) is 5.69 Å². The van der Waals surface area contributed by atoms with Crippen molar-refractivity contribution in [3.63, 3.8) is 0 Å². The minimum Gasteiger partial charge on any atom is -0.480 e. The number of fused-ring (bicyclic) bond motifs is 1. The Morgan fingerprint density at radius 1 is 1.47 bits per heavy atom. The highest BCUT2D eigenvalue weighted by atomic mass is 79.9. The van der Waals surface area contributed by atoms with Crippen molar-refractivity contribution in [3.05, 3.63) is 22.7 Å². The number of hydrogen-bond donors (Lipinski definition) is 1. The van der Waals surface area contributed by atoms with Gasteiger partial charge in [0.1, 0.15) is 17.8 Å². The fourth-order valence-corrected chi connectivity index (χ4v) is 3.28. The molecule has 1 heterocycles. The van der Waals surface area contributed by atoms with E-state index in [1.807, 2.05) is 0 Å². The molecule has 0 saturated heterocycles. The summed E-state index contributed by atoms with van der Waals surface area (Å²) < 4.78 is 27.2. The molecule has 0 aromatic heterocycles. The molecule has 0 aliphatic carbocycles. The van der Waals surface area contributed by atoms with Crippen molar-refractivity contribution in [2.45, 2.75) is 4.90 Å². The van der Waals surface area contributed by atoms with Gasteiger partial charge < -0.3 is 10.0 Å². The molecule has 1 aromatic carbocycles. The van der Waals surface area contributed by atoms with E-state index in [2.05, 4.69) is 20.3 Å². The van der Waals surface area contributed by atoms with Gasteiger partial charge in [0.05, 0.1) is 5.69 Å². The van der Waals surface area contributed by atoms with Crippen molar-refractivity contribution in [2.75, 3.05) is 11.4 Å². The molecule has 2 rings (SSSR count). The Kier molecular flexibility index (Phi) is 2.92. The van der Waals surface area contributed by atoms with E-state index in [1.54, 1.807) is 12.1 Å². The average molecular weight is 319 g/mol.